The molecule has 1 fully saturated rings. The molecule has 1 aromatic carbocycles. The molecule has 0 aliphatic carbocycles. The molecule has 0 radical (unpaired) electrons. The molecule has 7 nitrogen and oxygen atoms in total. The van der Waals surface area contributed by atoms with Gasteiger partial charge in [-0.25, -0.2) is 4.79 Å². The number of hydrogen-bond donors (Lipinski definition) is 2. The highest BCUT2D eigenvalue weighted by Crippen LogP contribution is 2.23. The molecule has 2 heterocycles. The van der Waals surface area contributed by atoms with Gasteiger partial charge in [0.05, 0.1) is 12.5 Å². The number of likely N-dealkylation sites (tertiary alicyclic amines) is 1. The molecule has 0 saturated carbocycles. The van der Waals surface area contributed by atoms with E-state index in [1.54, 1.807) is 0 Å². The van der Waals surface area contributed by atoms with Gasteiger partial charge in [-0.2, -0.15) is 0 Å². The van der Waals surface area contributed by atoms with Gasteiger partial charge in [0.2, 0.25) is 5.91 Å². The highest BCUT2D eigenvalue weighted by atomic mass is 16.2. The summed E-state index contributed by atoms with van der Waals surface area (Å²) in [5.74, 6) is -0.225. The molecule has 2 N–H and O–H groups in total. The van der Waals surface area contributed by atoms with E-state index in [4.69, 9.17) is 0 Å². The molecule has 3 rings (SSSR count). The van der Waals surface area contributed by atoms with E-state index in [0.29, 0.717) is 6.54 Å². The predicted molar refractivity (Wildman–Crippen MR) is 104 cm³/mol. The van der Waals surface area contributed by atoms with Crippen LogP contribution in [0, 0.1) is 0 Å². The summed E-state index contributed by atoms with van der Waals surface area (Å²) in [4.78, 5) is 40.8. The van der Waals surface area contributed by atoms with Gasteiger partial charge in [0, 0.05) is 25.4 Å². The Morgan fingerprint density at radius 2 is 1.85 bits per heavy atom. The van der Waals surface area contributed by atoms with Crippen LogP contribution in [-0.2, 0) is 18.3 Å². The van der Waals surface area contributed by atoms with Gasteiger partial charge in [0.15, 0.2) is 0 Å². The summed E-state index contributed by atoms with van der Waals surface area (Å²) in [7, 11) is 1.39. The van der Waals surface area contributed by atoms with Crippen molar-refractivity contribution in [1.29, 1.82) is 0 Å². The van der Waals surface area contributed by atoms with Crippen LogP contribution in [0.15, 0.2) is 46.1 Å². The molecule has 2 aromatic rings. The number of nitrogens with zero attached hydrogens (tertiary/aromatic N) is 2. The van der Waals surface area contributed by atoms with Gasteiger partial charge in [0.1, 0.15) is 0 Å². The molecular formula is C20H26N4O3. The van der Waals surface area contributed by atoms with E-state index in [1.165, 1.54) is 38.1 Å². The van der Waals surface area contributed by atoms with Gasteiger partial charge < -0.3 is 10.3 Å². The lowest BCUT2D eigenvalue weighted by Gasteiger charge is -2.35. The smallest absolute Gasteiger partial charge is 0.328 e. The molecule has 1 aliphatic rings. The number of aromatic amines is 1. The SMILES string of the molecule is Cn1c(=O)[nH]cc(CC(=O)NCC(c2ccccc2)N2CCCCC2)c1=O. The van der Waals surface area contributed by atoms with E-state index in [-0.39, 0.29) is 23.9 Å². The number of aromatic nitrogens is 2. The fourth-order valence-electron chi connectivity index (χ4n) is 3.55. The van der Waals surface area contributed by atoms with E-state index < -0.39 is 11.2 Å². The number of carbonyl (C=O) groups is 1. The third-order valence-electron chi connectivity index (χ3n) is 5.11. The molecular weight excluding hydrogens is 344 g/mol. The number of amides is 1. The lowest BCUT2D eigenvalue weighted by atomic mass is 10.0. The van der Waals surface area contributed by atoms with Crippen LogP contribution in [0.2, 0.25) is 0 Å². The second kappa shape index (κ2) is 8.81. The van der Waals surface area contributed by atoms with Crippen LogP contribution in [0.4, 0.5) is 0 Å². The Kier molecular flexibility index (Phi) is 6.24. The average Bonchev–Trinajstić information content (AvgIpc) is 2.70. The van der Waals surface area contributed by atoms with Crippen LogP contribution in [0.3, 0.4) is 0 Å². The van der Waals surface area contributed by atoms with Crippen molar-refractivity contribution in [2.45, 2.75) is 31.7 Å². The number of nitrogens with one attached hydrogen (secondary N) is 2. The van der Waals surface area contributed by atoms with Crippen LogP contribution < -0.4 is 16.6 Å². The summed E-state index contributed by atoms with van der Waals surface area (Å²) in [5, 5.41) is 2.97. The Morgan fingerprint density at radius 1 is 1.15 bits per heavy atom. The Balaban J connectivity index is 1.68. The van der Waals surface area contributed by atoms with Crippen molar-refractivity contribution in [2.24, 2.45) is 7.05 Å². The Labute approximate surface area is 158 Å². The molecule has 1 unspecified atom stereocenters. The first-order chi connectivity index (χ1) is 13.1. The normalized spacial score (nSPS) is 16.0. The molecule has 1 amide bonds. The molecule has 7 heteroatoms. The second-order valence-electron chi connectivity index (χ2n) is 6.99. The summed E-state index contributed by atoms with van der Waals surface area (Å²) in [6.45, 7) is 2.54. The van der Waals surface area contributed by atoms with Crippen molar-refractivity contribution in [1.82, 2.24) is 19.8 Å². The zero-order chi connectivity index (χ0) is 19.2. The van der Waals surface area contributed by atoms with Gasteiger partial charge in [0.25, 0.3) is 5.56 Å². The van der Waals surface area contributed by atoms with Crippen molar-refractivity contribution in [3.8, 4) is 0 Å². The number of hydrogen-bond acceptors (Lipinski definition) is 4. The average molecular weight is 370 g/mol. The highest BCUT2D eigenvalue weighted by Gasteiger charge is 2.23. The maximum absolute atomic E-state index is 12.4. The molecule has 27 heavy (non-hydrogen) atoms. The fourth-order valence-corrected chi connectivity index (χ4v) is 3.55. The first kappa shape index (κ1) is 19.1. The lowest BCUT2D eigenvalue weighted by Crippen LogP contribution is -2.42. The third kappa shape index (κ3) is 4.74. The van der Waals surface area contributed by atoms with Gasteiger partial charge in [-0.05, 0) is 31.5 Å². The van der Waals surface area contributed by atoms with Crippen molar-refractivity contribution >= 4 is 5.91 Å². The van der Waals surface area contributed by atoms with Crippen LogP contribution >= 0.6 is 0 Å². The van der Waals surface area contributed by atoms with E-state index in [9.17, 15) is 14.4 Å². The second-order valence-corrected chi connectivity index (χ2v) is 6.99. The molecule has 144 valence electrons. The van der Waals surface area contributed by atoms with Crippen molar-refractivity contribution in [3.63, 3.8) is 0 Å². The first-order valence-corrected chi connectivity index (χ1v) is 9.39. The molecule has 1 aromatic heterocycles. The van der Waals surface area contributed by atoms with E-state index in [1.807, 2.05) is 18.2 Å². The monoisotopic (exact) mass is 370 g/mol. The van der Waals surface area contributed by atoms with Crippen LogP contribution in [0.25, 0.3) is 0 Å². The molecule has 0 bridgehead atoms. The summed E-state index contributed by atoms with van der Waals surface area (Å²) < 4.78 is 0.975. The summed E-state index contributed by atoms with van der Waals surface area (Å²) in [6.07, 6.45) is 4.86. The van der Waals surface area contributed by atoms with E-state index >= 15 is 0 Å². The minimum atomic E-state index is -0.488. The van der Waals surface area contributed by atoms with E-state index in [0.717, 1.165) is 17.7 Å². The minimum Gasteiger partial charge on any atom is -0.354 e. The third-order valence-corrected chi connectivity index (χ3v) is 5.11. The number of benzene rings is 1. The van der Waals surface area contributed by atoms with Gasteiger partial charge in [-0.1, -0.05) is 36.8 Å². The zero-order valence-electron chi connectivity index (χ0n) is 15.6. The molecule has 1 atom stereocenters. The molecule has 1 aliphatic heterocycles. The van der Waals surface area contributed by atoms with Gasteiger partial charge >= 0.3 is 5.69 Å². The Hall–Kier alpha value is -2.67. The zero-order valence-corrected chi connectivity index (χ0v) is 15.6. The first-order valence-electron chi connectivity index (χ1n) is 9.39. The van der Waals surface area contributed by atoms with Gasteiger partial charge in [-0.15, -0.1) is 0 Å². The molecule has 0 spiro atoms. The largest absolute Gasteiger partial charge is 0.354 e. The number of piperidine rings is 1. The van der Waals surface area contributed by atoms with Gasteiger partial charge in [-0.3, -0.25) is 19.1 Å². The maximum atomic E-state index is 12.4. The predicted octanol–water partition coefficient (Wildman–Crippen LogP) is 0.960. The van der Waals surface area contributed by atoms with Crippen molar-refractivity contribution in [2.75, 3.05) is 19.6 Å². The molecule has 1 saturated heterocycles. The Morgan fingerprint density at radius 3 is 2.56 bits per heavy atom. The highest BCUT2D eigenvalue weighted by molar-refractivity contribution is 5.78. The van der Waals surface area contributed by atoms with Crippen molar-refractivity contribution in [3.05, 3.63) is 68.5 Å². The summed E-state index contributed by atoms with van der Waals surface area (Å²) >= 11 is 0. The number of H-pyrrole nitrogens is 1. The summed E-state index contributed by atoms with van der Waals surface area (Å²) in [5.41, 5.74) is 0.534. The number of rotatable bonds is 6. The number of carbonyl (C=O) groups excluding carboxylic acids is 1. The fraction of sp³-hybridized carbons (Fsp3) is 0.450. The van der Waals surface area contributed by atoms with E-state index in [2.05, 4.69) is 27.3 Å². The Bertz CT molecular complexity index is 882. The van der Waals surface area contributed by atoms with Crippen LogP contribution in [0.5, 0.6) is 0 Å². The minimum absolute atomic E-state index is 0.0506. The van der Waals surface area contributed by atoms with Crippen LogP contribution in [-0.4, -0.2) is 40.0 Å². The quantitative estimate of drug-likeness (QED) is 0.793. The topological polar surface area (TPSA) is 87.2 Å². The van der Waals surface area contributed by atoms with Crippen molar-refractivity contribution < 1.29 is 4.79 Å². The standard InChI is InChI=1S/C20H26N4O3/c1-23-19(26)16(13-22-20(23)27)12-18(25)21-14-17(15-8-4-2-5-9-15)24-10-6-3-7-11-24/h2,4-5,8-9,13,17H,3,6-7,10-12,14H2,1H3,(H,21,25)(H,22,27). The van der Waals surface area contributed by atoms with Crippen LogP contribution in [0.1, 0.15) is 36.4 Å². The lowest BCUT2D eigenvalue weighted by molar-refractivity contribution is -0.120. The summed E-state index contributed by atoms with van der Waals surface area (Å²) in [6, 6.07) is 10.3. The maximum Gasteiger partial charge on any atom is 0.328 e.